The number of alkyl halides is 3. The number of hydrogen-bond acceptors (Lipinski definition) is 2. The fourth-order valence-corrected chi connectivity index (χ4v) is 1.72. The molecule has 1 unspecified atom stereocenters. The van der Waals surface area contributed by atoms with Crippen molar-refractivity contribution in [2.75, 3.05) is 6.61 Å². The Balaban J connectivity index is 2.54. The molecule has 1 aromatic carbocycles. The van der Waals surface area contributed by atoms with Crippen molar-refractivity contribution in [3.8, 4) is 0 Å². The van der Waals surface area contributed by atoms with Crippen molar-refractivity contribution in [3.63, 3.8) is 0 Å². The average Bonchev–Trinajstić information content (AvgIpc) is 2.42. The maximum atomic E-state index is 12.4. The summed E-state index contributed by atoms with van der Waals surface area (Å²) in [5, 5.41) is 11.4. The van der Waals surface area contributed by atoms with Gasteiger partial charge in [-0.15, -0.1) is 0 Å². The third kappa shape index (κ3) is 6.44. The number of nitrogens with one attached hydrogen (secondary N) is 1. The highest BCUT2D eigenvalue weighted by molar-refractivity contribution is 5.91. The molecule has 0 radical (unpaired) electrons. The van der Waals surface area contributed by atoms with Gasteiger partial charge in [0.2, 0.25) is 5.91 Å². The maximum Gasteiger partial charge on any atom is 0.416 e. The van der Waals surface area contributed by atoms with Crippen LogP contribution >= 0.6 is 0 Å². The SMILES string of the molecule is CC(CCCO)NC(=O)/C=C/c1ccc(C(F)(F)F)cc1. The van der Waals surface area contributed by atoms with Crippen molar-refractivity contribution in [1.82, 2.24) is 5.32 Å². The lowest BCUT2D eigenvalue weighted by molar-refractivity contribution is -0.137. The average molecular weight is 301 g/mol. The molecule has 1 atom stereocenters. The van der Waals surface area contributed by atoms with Gasteiger partial charge >= 0.3 is 6.18 Å². The van der Waals surface area contributed by atoms with E-state index in [1.807, 2.05) is 6.92 Å². The molecule has 0 heterocycles. The van der Waals surface area contributed by atoms with E-state index in [1.165, 1.54) is 24.3 Å². The highest BCUT2D eigenvalue weighted by atomic mass is 19.4. The van der Waals surface area contributed by atoms with Gasteiger partial charge in [0.15, 0.2) is 0 Å². The standard InChI is InChI=1S/C15H18F3NO2/c1-11(3-2-10-20)19-14(21)9-6-12-4-7-13(8-5-12)15(16,17)18/h4-9,11,20H,2-3,10H2,1H3,(H,19,21)/b9-6+. The van der Waals surface area contributed by atoms with Gasteiger partial charge in [-0.3, -0.25) is 4.79 Å². The molecule has 0 bridgehead atoms. The second-order valence-corrected chi connectivity index (χ2v) is 4.73. The Morgan fingerprint density at radius 3 is 2.48 bits per heavy atom. The molecule has 0 spiro atoms. The Morgan fingerprint density at radius 1 is 1.33 bits per heavy atom. The summed E-state index contributed by atoms with van der Waals surface area (Å²) in [6.07, 6.45) is -0.367. The van der Waals surface area contributed by atoms with Crippen LogP contribution in [-0.4, -0.2) is 23.7 Å². The summed E-state index contributed by atoms with van der Waals surface area (Å²) in [7, 11) is 0. The minimum absolute atomic E-state index is 0.0677. The van der Waals surface area contributed by atoms with Crippen LogP contribution in [0.2, 0.25) is 0 Å². The molecule has 0 aromatic heterocycles. The van der Waals surface area contributed by atoms with E-state index in [0.29, 0.717) is 18.4 Å². The Kier molecular flexibility index (Phi) is 6.42. The summed E-state index contributed by atoms with van der Waals surface area (Å²) in [5.74, 6) is -0.319. The summed E-state index contributed by atoms with van der Waals surface area (Å²) >= 11 is 0. The first-order valence-electron chi connectivity index (χ1n) is 6.59. The van der Waals surface area contributed by atoms with E-state index < -0.39 is 11.7 Å². The molecule has 0 aliphatic rings. The van der Waals surface area contributed by atoms with Crippen LogP contribution in [0.1, 0.15) is 30.9 Å². The lowest BCUT2D eigenvalue weighted by atomic mass is 10.1. The monoisotopic (exact) mass is 301 g/mol. The van der Waals surface area contributed by atoms with E-state index in [1.54, 1.807) is 0 Å². The molecule has 0 saturated heterocycles. The van der Waals surface area contributed by atoms with Gasteiger partial charge in [0.05, 0.1) is 5.56 Å². The van der Waals surface area contributed by atoms with Crippen LogP contribution in [0.25, 0.3) is 6.08 Å². The van der Waals surface area contributed by atoms with Gasteiger partial charge < -0.3 is 10.4 Å². The third-order valence-corrected chi connectivity index (χ3v) is 2.85. The van der Waals surface area contributed by atoms with Crippen LogP contribution in [0.3, 0.4) is 0 Å². The van der Waals surface area contributed by atoms with Crippen molar-refractivity contribution < 1.29 is 23.1 Å². The molecule has 2 N–H and O–H groups in total. The minimum atomic E-state index is -4.36. The number of halogens is 3. The highest BCUT2D eigenvalue weighted by Gasteiger charge is 2.29. The molecule has 1 amide bonds. The Labute approximate surface area is 121 Å². The third-order valence-electron chi connectivity index (χ3n) is 2.85. The predicted molar refractivity (Wildman–Crippen MR) is 74.4 cm³/mol. The van der Waals surface area contributed by atoms with Gasteiger partial charge in [-0.1, -0.05) is 12.1 Å². The molecule has 6 heteroatoms. The molecule has 0 saturated carbocycles. The van der Waals surface area contributed by atoms with E-state index in [4.69, 9.17) is 5.11 Å². The summed E-state index contributed by atoms with van der Waals surface area (Å²) in [6, 6.07) is 4.49. The first-order valence-corrected chi connectivity index (χ1v) is 6.59. The van der Waals surface area contributed by atoms with Gasteiger partial charge in [0, 0.05) is 18.7 Å². The predicted octanol–water partition coefficient (Wildman–Crippen LogP) is 3.00. The van der Waals surface area contributed by atoms with Gasteiger partial charge in [0.25, 0.3) is 0 Å². The fourth-order valence-electron chi connectivity index (χ4n) is 1.72. The van der Waals surface area contributed by atoms with Crippen molar-refractivity contribution >= 4 is 12.0 Å². The molecule has 1 aromatic rings. The molecule has 0 aliphatic carbocycles. The number of rotatable bonds is 6. The van der Waals surface area contributed by atoms with E-state index >= 15 is 0 Å². The summed E-state index contributed by atoms with van der Waals surface area (Å²) in [5.41, 5.74) is -0.206. The van der Waals surface area contributed by atoms with Crippen LogP contribution in [-0.2, 0) is 11.0 Å². The molecule has 0 fully saturated rings. The number of amides is 1. The number of aliphatic hydroxyl groups excluding tert-OH is 1. The molecular formula is C15H18F3NO2. The summed E-state index contributed by atoms with van der Waals surface area (Å²) in [4.78, 5) is 11.6. The molecule has 0 aliphatic heterocycles. The smallest absolute Gasteiger partial charge is 0.396 e. The first-order chi connectivity index (χ1) is 9.82. The van der Waals surface area contributed by atoms with E-state index in [0.717, 1.165) is 12.1 Å². The van der Waals surface area contributed by atoms with Crippen LogP contribution in [0, 0.1) is 0 Å². The minimum Gasteiger partial charge on any atom is -0.396 e. The van der Waals surface area contributed by atoms with E-state index in [9.17, 15) is 18.0 Å². The number of hydrogen-bond donors (Lipinski definition) is 2. The largest absolute Gasteiger partial charge is 0.416 e. The highest BCUT2D eigenvalue weighted by Crippen LogP contribution is 2.29. The number of aliphatic hydroxyl groups is 1. The Hall–Kier alpha value is -1.82. The quantitative estimate of drug-likeness (QED) is 0.794. The lowest BCUT2D eigenvalue weighted by Crippen LogP contribution is -2.31. The second-order valence-electron chi connectivity index (χ2n) is 4.73. The molecule has 21 heavy (non-hydrogen) atoms. The lowest BCUT2D eigenvalue weighted by Gasteiger charge is -2.11. The summed E-state index contributed by atoms with van der Waals surface area (Å²) in [6.45, 7) is 1.89. The van der Waals surface area contributed by atoms with Crippen LogP contribution < -0.4 is 5.32 Å². The first kappa shape index (κ1) is 17.2. The number of benzene rings is 1. The normalized spacial score (nSPS) is 13.4. The van der Waals surface area contributed by atoms with E-state index in [2.05, 4.69) is 5.32 Å². The topological polar surface area (TPSA) is 49.3 Å². The van der Waals surface area contributed by atoms with Gasteiger partial charge in [-0.2, -0.15) is 13.2 Å². The maximum absolute atomic E-state index is 12.4. The zero-order valence-corrected chi connectivity index (χ0v) is 11.7. The van der Waals surface area contributed by atoms with Crippen molar-refractivity contribution in [3.05, 3.63) is 41.5 Å². The second kappa shape index (κ2) is 7.83. The number of carbonyl (C=O) groups is 1. The van der Waals surface area contributed by atoms with Crippen molar-refractivity contribution in [1.29, 1.82) is 0 Å². The molecule has 1 rings (SSSR count). The van der Waals surface area contributed by atoms with Crippen LogP contribution in [0.5, 0.6) is 0 Å². The van der Waals surface area contributed by atoms with Crippen LogP contribution in [0.15, 0.2) is 30.3 Å². The van der Waals surface area contributed by atoms with Gasteiger partial charge in [-0.25, -0.2) is 0 Å². The molecule has 3 nitrogen and oxygen atoms in total. The number of carbonyl (C=O) groups excluding carboxylic acids is 1. The van der Waals surface area contributed by atoms with Crippen LogP contribution in [0.4, 0.5) is 13.2 Å². The van der Waals surface area contributed by atoms with Gasteiger partial charge in [0.1, 0.15) is 0 Å². The Morgan fingerprint density at radius 2 is 1.95 bits per heavy atom. The molecular weight excluding hydrogens is 283 g/mol. The summed E-state index contributed by atoms with van der Waals surface area (Å²) < 4.78 is 37.1. The van der Waals surface area contributed by atoms with Gasteiger partial charge in [-0.05, 0) is 43.5 Å². The van der Waals surface area contributed by atoms with Crippen molar-refractivity contribution in [2.24, 2.45) is 0 Å². The van der Waals surface area contributed by atoms with E-state index in [-0.39, 0.29) is 18.6 Å². The van der Waals surface area contributed by atoms with Crippen molar-refractivity contribution in [2.45, 2.75) is 32.0 Å². The molecule has 116 valence electrons. The zero-order valence-electron chi connectivity index (χ0n) is 11.7. The zero-order chi connectivity index (χ0) is 15.9. The fraction of sp³-hybridized carbons (Fsp3) is 0.400. The Bertz CT molecular complexity index is 481.